The lowest BCUT2D eigenvalue weighted by molar-refractivity contribution is -0.153. The topological polar surface area (TPSA) is 174 Å². The van der Waals surface area contributed by atoms with E-state index < -0.39 is 29.7 Å². The highest BCUT2D eigenvalue weighted by molar-refractivity contribution is 7.14. The van der Waals surface area contributed by atoms with E-state index in [9.17, 15) is 28.8 Å². The standard InChI is InChI=1S/C55H52N2O11S2/c1-3-39(58)33-36-11-9-34(10-12-36)15-29-48(60)65-41-23-17-37(18-24-41)54(62)67-43-27-28-44(51-50(43)56-52(45-7-5-31-69-45)53(57-51)46-8-6-32-70-46)68-55(63)38-19-25-42(26-20-38)66-49(61)30-16-35-13-21-40(22-14-35)64-47(59)4-2/h3-14,21-22,27-28,31-32,37-38,41-42H,1-2,15-20,23-26,29-30,33H2/t37-,38-,41-,42-. The third kappa shape index (κ3) is 12.9. The van der Waals surface area contributed by atoms with Gasteiger partial charge in [-0.2, -0.15) is 0 Å². The molecule has 0 aliphatic heterocycles. The number of carbonyl (C=O) groups is 6. The van der Waals surface area contributed by atoms with Gasteiger partial charge in [0.15, 0.2) is 17.3 Å². The lowest BCUT2D eigenvalue weighted by Crippen LogP contribution is -2.30. The van der Waals surface area contributed by atoms with Crippen LogP contribution in [0.15, 0.2) is 121 Å². The Morgan fingerprint density at radius 3 is 1.40 bits per heavy atom. The van der Waals surface area contributed by atoms with E-state index in [2.05, 4.69) is 13.2 Å². The SMILES string of the molecule is C=CC(=O)Cc1ccc(CCC(=O)O[C@H]2CC[C@H](C(=O)Oc3ccc(OC(=O)[C@H]4CC[C@H](OC(=O)CCc5ccc(OC(=O)C=C)cc5)CC4)c4nc(-c5cccs5)c(-c5cccs5)nc34)CC2)cc1. The molecule has 3 aromatic heterocycles. The van der Waals surface area contributed by atoms with Gasteiger partial charge < -0.3 is 23.7 Å². The Morgan fingerprint density at radius 2 is 0.986 bits per heavy atom. The molecule has 0 saturated heterocycles. The van der Waals surface area contributed by atoms with Crippen molar-refractivity contribution in [2.45, 2.75) is 95.7 Å². The highest BCUT2D eigenvalue weighted by Crippen LogP contribution is 2.41. The van der Waals surface area contributed by atoms with Gasteiger partial charge in [0, 0.05) is 25.3 Å². The Hall–Kier alpha value is -7.10. The number of hydrogen-bond donors (Lipinski definition) is 0. The van der Waals surface area contributed by atoms with Crippen LogP contribution in [0.25, 0.3) is 32.2 Å². The summed E-state index contributed by atoms with van der Waals surface area (Å²) in [5.41, 5.74) is 4.49. The summed E-state index contributed by atoms with van der Waals surface area (Å²) in [6.07, 6.45) is 7.29. The zero-order valence-electron chi connectivity index (χ0n) is 38.5. The molecule has 13 nitrogen and oxygen atoms in total. The Labute approximate surface area is 413 Å². The van der Waals surface area contributed by atoms with Gasteiger partial charge >= 0.3 is 29.8 Å². The van der Waals surface area contributed by atoms with Crippen LogP contribution in [0.5, 0.6) is 17.2 Å². The Balaban J connectivity index is 0.887. The summed E-state index contributed by atoms with van der Waals surface area (Å²) < 4.78 is 28.9. The Bertz CT molecular complexity index is 2650. The van der Waals surface area contributed by atoms with Crippen molar-refractivity contribution < 1.29 is 52.5 Å². The van der Waals surface area contributed by atoms with Crippen LogP contribution < -0.4 is 14.2 Å². The van der Waals surface area contributed by atoms with Crippen LogP contribution >= 0.6 is 22.7 Å². The molecule has 0 spiro atoms. The molecule has 3 aromatic carbocycles. The molecule has 0 unspecified atom stereocenters. The number of ether oxygens (including phenoxy) is 5. The first-order valence-electron chi connectivity index (χ1n) is 23.4. The van der Waals surface area contributed by atoms with Crippen molar-refractivity contribution in [3.8, 4) is 38.4 Å². The van der Waals surface area contributed by atoms with Gasteiger partial charge in [-0.3, -0.25) is 24.0 Å². The van der Waals surface area contributed by atoms with E-state index >= 15 is 0 Å². The van der Waals surface area contributed by atoms with Gasteiger partial charge in [-0.1, -0.05) is 61.7 Å². The van der Waals surface area contributed by atoms with Crippen molar-refractivity contribution in [1.82, 2.24) is 9.97 Å². The number of nitrogens with zero attached hydrogens (tertiary/aromatic N) is 2. The highest BCUT2D eigenvalue weighted by atomic mass is 32.1. The summed E-state index contributed by atoms with van der Waals surface area (Å²) in [4.78, 5) is 88.3. The number of carbonyl (C=O) groups excluding carboxylic acids is 6. The lowest BCUT2D eigenvalue weighted by Gasteiger charge is -2.27. The second-order valence-corrected chi connectivity index (χ2v) is 19.2. The van der Waals surface area contributed by atoms with Gasteiger partial charge in [0.25, 0.3) is 0 Å². The number of aromatic nitrogens is 2. The van der Waals surface area contributed by atoms with Crippen LogP contribution in [0.1, 0.15) is 80.9 Å². The molecule has 8 rings (SSSR count). The van der Waals surface area contributed by atoms with Gasteiger partial charge in [0.05, 0.1) is 21.6 Å². The number of ketones is 1. The predicted molar refractivity (Wildman–Crippen MR) is 265 cm³/mol. The van der Waals surface area contributed by atoms with Crippen molar-refractivity contribution >= 4 is 69.3 Å². The first-order chi connectivity index (χ1) is 34.0. The second kappa shape index (κ2) is 23.5. The molecule has 0 atom stereocenters. The first-order valence-corrected chi connectivity index (χ1v) is 25.2. The zero-order valence-corrected chi connectivity index (χ0v) is 40.1. The van der Waals surface area contributed by atoms with E-state index in [1.54, 1.807) is 36.4 Å². The largest absolute Gasteiger partial charge is 0.462 e. The lowest BCUT2D eigenvalue weighted by atomic mass is 9.87. The highest BCUT2D eigenvalue weighted by Gasteiger charge is 2.33. The van der Waals surface area contributed by atoms with Gasteiger partial charge in [-0.15, -0.1) is 22.7 Å². The molecule has 2 aliphatic rings. The van der Waals surface area contributed by atoms with Gasteiger partial charge in [-0.05, 0) is 134 Å². The molecule has 0 N–H and O–H groups in total. The fraction of sp³-hybridized carbons (Fsp3) is 0.309. The zero-order chi connectivity index (χ0) is 49.0. The third-order valence-electron chi connectivity index (χ3n) is 12.5. The monoisotopic (exact) mass is 980 g/mol. The van der Waals surface area contributed by atoms with E-state index in [0.29, 0.717) is 81.3 Å². The second-order valence-electron chi connectivity index (χ2n) is 17.3. The molecular formula is C55H52N2O11S2. The Kier molecular flexibility index (Phi) is 16.5. The van der Waals surface area contributed by atoms with E-state index in [1.165, 1.54) is 28.7 Å². The number of fused-ring (bicyclic) bond motifs is 1. The van der Waals surface area contributed by atoms with Crippen LogP contribution in [-0.4, -0.2) is 57.8 Å². The minimum Gasteiger partial charge on any atom is -0.462 e. The number of thiophene rings is 2. The molecule has 70 heavy (non-hydrogen) atoms. The van der Waals surface area contributed by atoms with E-state index in [0.717, 1.165) is 32.5 Å². The van der Waals surface area contributed by atoms with E-state index in [4.69, 9.17) is 33.7 Å². The summed E-state index contributed by atoms with van der Waals surface area (Å²) in [5, 5.41) is 3.90. The average molecular weight is 981 g/mol. The molecular weight excluding hydrogens is 929 g/mol. The summed E-state index contributed by atoms with van der Waals surface area (Å²) in [6, 6.07) is 25.4. The summed E-state index contributed by atoms with van der Waals surface area (Å²) >= 11 is 3.00. The quantitative estimate of drug-likeness (QED) is 0.0426. The van der Waals surface area contributed by atoms with Crippen molar-refractivity contribution in [2.24, 2.45) is 11.8 Å². The molecule has 0 radical (unpaired) electrons. The average Bonchev–Trinajstić information content (AvgIpc) is 4.13. The van der Waals surface area contributed by atoms with Crippen molar-refractivity contribution in [3.63, 3.8) is 0 Å². The summed E-state index contributed by atoms with van der Waals surface area (Å²) in [7, 11) is 0. The number of benzene rings is 3. The molecule has 2 fully saturated rings. The van der Waals surface area contributed by atoms with Crippen LogP contribution in [-0.2, 0) is 57.5 Å². The first kappa shape index (κ1) is 49.3. The van der Waals surface area contributed by atoms with Gasteiger partial charge in [-0.25, -0.2) is 14.8 Å². The van der Waals surface area contributed by atoms with Crippen LogP contribution in [0.2, 0.25) is 0 Å². The summed E-state index contributed by atoms with van der Waals surface area (Å²) in [5.74, 6) is -2.23. The third-order valence-corrected chi connectivity index (χ3v) is 14.2. The minimum absolute atomic E-state index is 0.0514. The van der Waals surface area contributed by atoms with Crippen molar-refractivity contribution in [1.29, 1.82) is 0 Å². The number of aryl methyl sites for hydroxylation is 2. The maximum atomic E-state index is 13.8. The molecule has 360 valence electrons. The maximum absolute atomic E-state index is 13.8. The molecule has 0 amide bonds. The predicted octanol–water partition coefficient (Wildman–Crippen LogP) is 10.8. The molecule has 2 saturated carbocycles. The molecule has 3 heterocycles. The number of allylic oxidation sites excluding steroid dienone is 1. The normalized spacial score (nSPS) is 17.7. The van der Waals surface area contributed by atoms with Crippen molar-refractivity contribution in [3.05, 3.63) is 138 Å². The number of rotatable bonds is 19. The molecule has 15 heteroatoms. The fourth-order valence-corrected chi connectivity index (χ4v) is 10.0. The smallest absolute Gasteiger partial charge is 0.335 e. The fourth-order valence-electron chi connectivity index (χ4n) is 8.60. The Morgan fingerprint density at radius 1 is 0.543 bits per heavy atom. The van der Waals surface area contributed by atoms with E-state index in [-0.39, 0.29) is 71.7 Å². The molecule has 0 bridgehead atoms. The van der Waals surface area contributed by atoms with Gasteiger partial charge in [0.1, 0.15) is 40.4 Å². The maximum Gasteiger partial charge on any atom is 0.335 e. The van der Waals surface area contributed by atoms with Crippen molar-refractivity contribution in [2.75, 3.05) is 0 Å². The van der Waals surface area contributed by atoms with Crippen LogP contribution in [0, 0.1) is 11.8 Å². The minimum atomic E-state index is -0.550. The van der Waals surface area contributed by atoms with E-state index in [1.807, 2.05) is 59.3 Å². The summed E-state index contributed by atoms with van der Waals surface area (Å²) in [6.45, 7) is 6.91. The number of esters is 5. The number of hydrogen-bond acceptors (Lipinski definition) is 15. The van der Waals surface area contributed by atoms with Crippen LogP contribution in [0.3, 0.4) is 0 Å². The molecule has 2 aliphatic carbocycles. The van der Waals surface area contributed by atoms with Gasteiger partial charge in [0.2, 0.25) is 0 Å². The molecule has 6 aromatic rings. The van der Waals surface area contributed by atoms with Crippen LogP contribution in [0.4, 0.5) is 0 Å².